The lowest BCUT2D eigenvalue weighted by atomic mass is 9.73. The van der Waals surface area contributed by atoms with Gasteiger partial charge in [0.15, 0.2) is 35.6 Å². The van der Waals surface area contributed by atoms with E-state index < -0.39 is 22.6 Å². The van der Waals surface area contributed by atoms with Crippen molar-refractivity contribution in [3.63, 3.8) is 0 Å². The molecule has 9 rings (SSSR count). The molecule has 522 valence electrons. The Balaban J connectivity index is 0.000000200. The summed E-state index contributed by atoms with van der Waals surface area (Å²) in [6, 6.07) is 18.3. The summed E-state index contributed by atoms with van der Waals surface area (Å²) in [5.74, 6) is 5.15. The van der Waals surface area contributed by atoms with E-state index in [9.17, 15) is 34.8 Å². The van der Waals surface area contributed by atoms with Crippen molar-refractivity contribution in [2.75, 3.05) is 26.9 Å². The molecule has 0 unspecified atom stereocenters. The third kappa shape index (κ3) is 23.3. The molecular formula is C77H122O14Si2. The molecule has 16 heteroatoms. The third-order valence-corrected chi connectivity index (χ3v) is 23.3. The smallest absolute Gasteiger partial charge is 0.343 e. The topological polar surface area (TPSA) is 208 Å². The van der Waals surface area contributed by atoms with Gasteiger partial charge in [0.1, 0.15) is 23.9 Å². The number of carboxylic acid groups (broad SMARTS) is 1. The van der Waals surface area contributed by atoms with Crippen LogP contribution in [0.3, 0.4) is 0 Å². The van der Waals surface area contributed by atoms with E-state index in [1.54, 1.807) is 6.92 Å². The molecule has 0 spiro atoms. The lowest BCUT2D eigenvalue weighted by Crippen LogP contribution is -2.37. The van der Waals surface area contributed by atoms with Crippen LogP contribution in [-0.2, 0) is 66.5 Å². The number of unbranched alkanes of at least 4 members (excludes halogenated alkanes) is 6. The Bertz CT molecular complexity index is 2780. The monoisotopic (exact) mass is 1330 g/mol. The van der Waals surface area contributed by atoms with Crippen LogP contribution in [0.2, 0.25) is 39.3 Å². The molecule has 6 aliphatic rings. The van der Waals surface area contributed by atoms with Gasteiger partial charge >= 0.3 is 11.9 Å². The average molecular weight is 1330 g/mol. The molecule has 93 heavy (non-hydrogen) atoms. The summed E-state index contributed by atoms with van der Waals surface area (Å²) in [5.41, 5.74) is 7.49. The van der Waals surface area contributed by atoms with Gasteiger partial charge in [-0.25, -0.2) is 9.59 Å². The van der Waals surface area contributed by atoms with Crippen molar-refractivity contribution >= 4 is 34.4 Å². The van der Waals surface area contributed by atoms with Crippen LogP contribution in [0, 0.1) is 53.3 Å². The summed E-state index contributed by atoms with van der Waals surface area (Å²) in [7, 11) is -1.87. The molecule has 5 N–H and O–H groups in total. The number of Topliss-reactive ketones (excluding diaryl/α,β-unsaturated/α-hetero) is 1. The van der Waals surface area contributed by atoms with Crippen molar-refractivity contribution in [1.82, 2.24) is 0 Å². The predicted octanol–water partition coefficient (Wildman–Crippen LogP) is 15.1. The van der Waals surface area contributed by atoms with Gasteiger partial charge in [0.25, 0.3) is 0 Å². The van der Waals surface area contributed by atoms with Gasteiger partial charge in [-0.3, -0.25) is 4.79 Å². The van der Waals surface area contributed by atoms with Crippen molar-refractivity contribution in [3.05, 3.63) is 88.0 Å². The predicted molar refractivity (Wildman–Crippen MR) is 374 cm³/mol. The van der Waals surface area contributed by atoms with Crippen molar-refractivity contribution in [2.45, 2.75) is 277 Å². The van der Waals surface area contributed by atoms with Gasteiger partial charge in [0.2, 0.25) is 0 Å². The number of aliphatic hydroxyl groups excluding tert-OH is 4. The number of methoxy groups -OCH3 is 1. The van der Waals surface area contributed by atoms with Crippen LogP contribution in [0.4, 0.5) is 0 Å². The molecule has 0 aromatic heterocycles. The second-order valence-corrected chi connectivity index (χ2v) is 39.6. The molecule has 14 nitrogen and oxygen atoms in total. The van der Waals surface area contributed by atoms with Gasteiger partial charge in [-0.15, -0.1) is 0 Å². The average Bonchev–Trinajstić information content (AvgIpc) is 1.69. The Morgan fingerprint density at radius 1 is 0.505 bits per heavy atom. The molecule has 6 aliphatic carbocycles. The first-order valence-corrected chi connectivity index (χ1v) is 43.3. The Kier molecular flexibility index (Phi) is 30.3. The number of aliphatic carboxylic acids is 1. The number of carboxylic acids is 1. The van der Waals surface area contributed by atoms with E-state index in [0.717, 1.165) is 145 Å². The fourth-order valence-electron chi connectivity index (χ4n) is 17.0. The number of hydrogen-bond acceptors (Lipinski definition) is 13. The van der Waals surface area contributed by atoms with Gasteiger partial charge in [-0.1, -0.05) is 115 Å². The van der Waals surface area contributed by atoms with Crippen molar-refractivity contribution < 1.29 is 67.7 Å². The Hall–Kier alpha value is -4.14. The van der Waals surface area contributed by atoms with E-state index in [-0.39, 0.29) is 67.8 Å². The van der Waals surface area contributed by atoms with E-state index in [1.165, 1.54) is 79.9 Å². The van der Waals surface area contributed by atoms with Gasteiger partial charge in [-0.05, 0) is 267 Å². The maximum atomic E-state index is 11.5. The fourth-order valence-corrected chi connectivity index (χ4v) is 19.4. The zero-order valence-electron chi connectivity index (χ0n) is 59.0. The highest BCUT2D eigenvalue weighted by Crippen LogP contribution is 2.52. The van der Waals surface area contributed by atoms with Gasteiger partial charge < -0.3 is 53.3 Å². The number of carbonyl (C=O) groups excluding carboxylic acids is 2. The Morgan fingerprint density at radius 2 is 0.914 bits per heavy atom. The summed E-state index contributed by atoms with van der Waals surface area (Å²) in [6.07, 6.45) is 27.3. The molecule has 3 saturated carbocycles. The van der Waals surface area contributed by atoms with Gasteiger partial charge in [0.05, 0.1) is 31.5 Å². The highest BCUT2D eigenvalue weighted by Gasteiger charge is 2.49. The quantitative estimate of drug-likeness (QED) is 0.0214. The zero-order valence-corrected chi connectivity index (χ0v) is 61.0. The van der Waals surface area contributed by atoms with E-state index >= 15 is 0 Å². The maximum absolute atomic E-state index is 11.5. The van der Waals surface area contributed by atoms with Crippen LogP contribution in [0.15, 0.2) is 54.6 Å². The molecule has 0 amide bonds. The summed E-state index contributed by atoms with van der Waals surface area (Å²) in [4.78, 5) is 33.8. The van der Waals surface area contributed by atoms with Gasteiger partial charge in [-0.2, -0.15) is 0 Å². The Labute approximate surface area is 561 Å². The van der Waals surface area contributed by atoms with Crippen LogP contribution < -0.4 is 14.2 Å². The number of rotatable bonds is 34. The highest BCUT2D eigenvalue weighted by molar-refractivity contribution is 6.70. The molecule has 0 aliphatic heterocycles. The lowest BCUT2D eigenvalue weighted by molar-refractivity contribution is -0.143. The molecule has 0 radical (unpaired) electrons. The number of hydrogen-bond donors (Lipinski definition) is 5. The number of benzene rings is 3. The molecule has 15 atom stereocenters. The van der Waals surface area contributed by atoms with E-state index in [1.807, 2.05) is 30.3 Å². The van der Waals surface area contributed by atoms with Crippen LogP contribution in [-0.4, -0.2) is 123 Å². The van der Waals surface area contributed by atoms with Crippen LogP contribution in [0.5, 0.6) is 17.2 Å². The van der Waals surface area contributed by atoms with Crippen molar-refractivity contribution in [1.29, 1.82) is 0 Å². The zero-order chi connectivity index (χ0) is 67.4. The Morgan fingerprint density at radius 3 is 1.32 bits per heavy atom. The first-order chi connectivity index (χ1) is 44.4. The fraction of sp³-hybridized carbons (Fsp3) is 0.727. The molecule has 3 aromatic carbocycles. The van der Waals surface area contributed by atoms with E-state index in [4.69, 9.17) is 28.2 Å². The normalized spacial score (nSPS) is 26.0. The number of ketones is 1. The molecule has 0 bridgehead atoms. The molecule has 3 aromatic rings. The highest BCUT2D eigenvalue weighted by atomic mass is 28.4. The first kappa shape index (κ1) is 76.2. The second-order valence-electron chi connectivity index (χ2n) is 30.7. The minimum Gasteiger partial charge on any atom is -0.486 e. The van der Waals surface area contributed by atoms with Crippen LogP contribution in [0.25, 0.3) is 0 Å². The second kappa shape index (κ2) is 37.0. The van der Waals surface area contributed by atoms with Crippen molar-refractivity contribution in [2.24, 2.45) is 53.3 Å². The number of carbonyl (C=O) groups is 3. The molecule has 0 saturated heterocycles. The SMILES string of the molecule is CCCCC[C@@H](CC[C@@H]1[C@H]2Cc3cccc(OCC(C)=O)c3C[C@H]2C[C@H]1O[Si](C)(C)C)O[Si](C)(C)C.CCCCC[C@H](O)CC[C@@H]1[C@H]2Cc3cccc(OCC(=O)O)c3C[C@H]2C[C@H]1O.CCCCC[C@H](O)CC[C@@H]1[C@H]2Cc3cccc(OCC(=O)OC)c3C[C@H]2C[C@H]1O. The van der Waals surface area contributed by atoms with Crippen LogP contribution >= 0.6 is 0 Å². The van der Waals surface area contributed by atoms with Crippen molar-refractivity contribution in [3.8, 4) is 17.2 Å². The number of esters is 1. The maximum Gasteiger partial charge on any atom is 0.343 e. The first-order valence-electron chi connectivity index (χ1n) is 36.4. The number of fused-ring (bicyclic) bond motifs is 6. The summed E-state index contributed by atoms with van der Waals surface area (Å²) in [5, 5.41) is 50.9. The summed E-state index contributed by atoms with van der Waals surface area (Å²) >= 11 is 0. The van der Waals surface area contributed by atoms with Gasteiger partial charge in [0, 0.05) is 12.2 Å². The number of ether oxygens (including phenoxy) is 4. The lowest BCUT2D eigenvalue weighted by Gasteiger charge is -2.35. The minimum atomic E-state index is -1.65. The van der Waals surface area contributed by atoms with E-state index in [2.05, 4.69) is 89.1 Å². The largest absolute Gasteiger partial charge is 0.486 e. The summed E-state index contributed by atoms with van der Waals surface area (Å²) in [6.45, 7) is 21.9. The van der Waals surface area contributed by atoms with Crippen LogP contribution in [0.1, 0.15) is 196 Å². The molecule has 0 heterocycles. The molecule has 3 fully saturated rings. The molecular weight excluding hydrogens is 1210 g/mol. The third-order valence-electron chi connectivity index (χ3n) is 21.3. The number of aliphatic hydroxyl groups is 4. The minimum absolute atomic E-state index is 0.0693. The summed E-state index contributed by atoms with van der Waals surface area (Å²) < 4.78 is 35.4. The van der Waals surface area contributed by atoms with E-state index in [0.29, 0.717) is 59.4 Å². The standard InChI is InChI=1S/C30H52O4Si2.C24H36O5.C23H34O5/c1-9-10-11-14-25(33-35(3,4)5)16-17-26-27-18-23-13-12-15-29(32-21-22(2)31)28(23)19-24(27)20-30(26)34-36(6,7)8;1-3-4-5-8-18(25)10-11-19-20-12-16-7-6-9-23(29-15-24(27)28-2)21(16)13-17(20)14-22(19)26;1-2-3-4-7-17(24)9-10-18-19-11-15-6-5-8-22(28-14-23(26)27)20(15)12-16(19)13-21(18)25/h12-13,15,24-27,30H,9-11,14,16-21H2,1-8H3;6-7,9,17-20,22,25-26H,3-5,8,10-15H2,1-2H3;5-6,8,16-19,21,24-25H,2-4,7,9-14H2,1H3,(H,26,27)/t24-,25-,26+,27-,30+;17-,18-,19+,20-,22+;16-,17-,18+,19-,21+/m000/s1.